The molecule has 0 atom stereocenters. The molecule has 37 heavy (non-hydrogen) atoms. The SMILES string of the molecule is Cc1c(Cc2ccc(N3CCN(c4ccc(OC(F)(F)F)cc4)CC3)cc2)c(=O)c2ccccc2n1O. The standard InChI is InChI=1S/C28H26F3N3O3/c1-19-25(27(35)24-4-2-3-5-26(24)34(19)36)18-20-6-8-21(9-7-20)32-14-16-33(17-15-32)22-10-12-23(13-11-22)37-28(29,30)31/h2-13,36H,14-18H2,1H3. The Balaban J connectivity index is 1.24. The molecule has 192 valence electrons. The average Bonchev–Trinajstić information content (AvgIpc) is 2.90. The van der Waals surface area contributed by atoms with Gasteiger partial charge in [-0.05, 0) is 61.0 Å². The summed E-state index contributed by atoms with van der Waals surface area (Å²) < 4.78 is 42.2. The van der Waals surface area contributed by atoms with Crippen LogP contribution in [-0.2, 0) is 6.42 Å². The molecular weight excluding hydrogens is 483 g/mol. The van der Waals surface area contributed by atoms with Crippen LogP contribution in [0.1, 0.15) is 16.8 Å². The summed E-state index contributed by atoms with van der Waals surface area (Å²) in [5.41, 5.74) is 4.40. The summed E-state index contributed by atoms with van der Waals surface area (Å²) in [6, 6.07) is 21.0. The van der Waals surface area contributed by atoms with Crippen molar-refractivity contribution in [2.75, 3.05) is 36.0 Å². The predicted octanol–water partition coefficient (Wildman–Crippen LogP) is 5.36. The van der Waals surface area contributed by atoms with Gasteiger partial charge >= 0.3 is 6.36 Å². The Hall–Kier alpha value is -4.14. The van der Waals surface area contributed by atoms with Crippen molar-refractivity contribution in [1.82, 2.24) is 4.73 Å². The van der Waals surface area contributed by atoms with Gasteiger partial charge in [0.05, 0.1) is 11.2 Å². The van der Waals surface area contributed by atoms with E-state index in [1.54, 1.807) is 43.3 Å². The van der Waals surface area contributed by atoms with Crippen molar-refractivity contribution in [3.63, 3.8) is 0 Å². The van der Waals surface area contributed by atoms with E-state index < -0.39 is 6.36 Å². The Labute approximate surface area is 211 Å². The summed E-state index contributed by atoms with van der Waals surface area (Å²) in [5.74, 6) is -0.230. The molecule has 6 nitrogen and oxygen atoms in total. The summed E-state index contributed by atoms with van der Waals surface area (Å²) in [7, 11) is 0. The number of para-hydroxylation sites is 1. The fourth-order valence-corrected chi connectivity index (χ4v) is 4.80. The second kappa shape index (κ2) is 9.72. The van der Waals surface area contributed by atoms with Crippen LogP contribution in [0.5, 0.6) is 5.75 Å². The molecule has 5 rings (SSSR count). The summed E-state index contributed by atoms with van der Waals surface area (Å²) in [4.78, 5) is 17.4. The Morgan fingerprint density at radius 1 is 0.838 bits per heavy atom. The zero-order valence-electron chi connectivity index (χ0n) is 20.2. The van der Waals surface area contributed by atoms with E-state index in [4.69, 9.17) is 0 Å². The number of piperazine rings is 1. The van der Waals surface area contributed by atoms with Gasteiger partial charge in [0.25, 0.3) is 0 Å². The average molecular weight is 510 g/mol. The normalized spacial score (nSPS) is 14.3. The topological polar surface area (TPSA) is 57.9 Å². The van der Waals surface area contributed by atoms with E-state index >= 15 is 0 Å². The van der Waals surface area contributed by atoms with E-state index in [0.717, 1.165) is 47.8 Å². The van der Waals surface area contributed by atoms with Gasteiger partial charge in [-0.1, -0.05) is 24.3 Å². The maximum Gasteiger partial charge on any atom is 0.573 e. The first-order valence-corrected chi connectivity index (χ1v) is 12.0. The maximum atomic E-state index is 13.1. The van der Waals surface area contributed by atoms with Gasteiger partial charge < -0.3 is 19.7 Å². The lowest BCUT2D eigenvalue weighted by molar-refractivity contribution is -0.274. The fourth-order valence-electron chi connectivity index (χ4n) is 4.80. The molecule has 1 aromatic heterocycles. The molecule has 1 saturated heterocycles. The molecule has 0 bridgehead atoms. The van der Waals surface area contributed by atoms with Crippen LogP contribution in [0.2, 0.25) is 0 Å². The van der Waals surface area contributed by atoms with Crippen LogP contribution >= 0.6 is 0 Å². The highest BCUT2D eigenvalue weighted by atomic mass is 19.4. The van der Waals surface area contributed by atoms with Crippen molar-refractivity contribution >= 4 is 22.3 Å². The summed E-state index contributed by atoms with van der Waals surface area (Å²) >= 11 is 0. The van der Waals surface area contributed by atoms with Gasteiger partial charge in [0, 0.05) is 54.9 Å². The second-order valence-electron chi connectivity index (χ2n) is 9.08. The van der Waals surface area contributed by atoms with E-state index in [0.29, 0.717) is 28.6 Å². The lowest BCUT2D eigenvalue weighted by Crippen LogP contribution is -2.46. The third-order valence-electron chi connectivity index (χ3n) is 6.80. The minimum Gasteiger partial charge on any atom is -0.428 e. The van der Waals surface area contributed by atoms with Gasteiger partial charge in [-0.25, -0.2) is 0 Å². The molecule has 4 aromatic rings. The van der Waals surface area contributed by atoms with Crippen molar-refractivity contribution in [3.05, 3.63) is 99.8 Å². The first-order valence-electron chi connectivity index (χ1n) is 12.0. The molecule has 3 aromatic carbocycles. The molecule has 9 heteroatoms. The highest BCUT2D eigenvalue weighted by molar-refractivity contribution is 5.80. The van der Waals surface area contributed by atoms with E-state index in [9.17, 15) is 23.2 Å². The monoisotopic (exact) mass is 509 g/mol. The van der Waals surface area contributed by atoms with E-state index in [2.05, 4.69) is 14.5 Å². The maximum absolute atomic E-state index is 13.1. The van der Waals surface area contributed by atoms with Crippen LogP contribution < -0.4 is 20.0 Å². The smallest absolute Gasteiger partial charge is 0.428 e. The van der Waals surface area contributed by atoms with E-state index in [-0.39, 0.29) is 11.2 Å². The number of pyridine rings is 1. The molecule has 1 N–H and O–H groups in total. The number of ether oxygens (including phenoxy) is 1. The number of nitrogens with zero attached hydrogens (tertiary/aromatic N) is 3. The molecule has 1 aliphatic rings. The molecular formula is C28H26F3N3O3. The number of rotatable bonds is 5. The van der Waals surface area contributed by atoms with Crippen LogP contribution in [0.4, 0.5) is 24.5 Å². The van der Waals surface area contributed by atoms with Gasteiger partial charge in [-0.15, -0.1) is 13.2 Å². The molecule has 0 saturated carbocycles. The van der Waals surface area contributed by atoms with Crippen molar-refractivity contribution in [1.29, 1.82) is 0 Å². The van der Waals surface area contributed by atoms with Crippen molar-refractivity contribution < 1.29 is 23.1 Å². The zero-order chi connectivity index (χ0) is 26.2. The third kappa shape index (κ3) is 5.21. The van der Waals surface area contributed by atoms with Crippen molar-refractivity contribution in [2.45, 2.75) is 19.7 Å². The number of anilines is 2. The van der Waals surface area contributed by atoms with E-state index in [1.807, 2.05) is 24.3 Å². The number of fused-ring (bicyclic) bond motifs is 1. The molecule has 1 aliphatic heterocycles. The zero-order valence-corrected chi connectivity index (χ0v) is 20.2. The Kier molecular flexibility index (Phi) is 6.45. The molecule has 1 fully saturated rings. The number of hydrogen-bond acceptors (Lipinski definition) is 5. The number of hydrogen-bond donors (Lipinski definition) is 1. The summed E-state index contributed by atoms with van der Waals surface area (Å²) in [6.45, 7) is 4.73. The molecule has 0 unspecified atom stereocenters. The fraction of sp³-hybridized carbons (Fsp3) is 0.250. The van der Waals surface area contributed by atoms with Crippen LogP contribution in [0.15, 0.2) is 77.6 Å². The van der Waals surface area contributed by atoms with Gasteiger partial charge in [0.1, 0.15) is 5.75 Å². The first kappa shape index (κ1) is 24.5. The summed E-state index contributed by atoms with van der Waals surface area (Å²) in [6.07, 6.45) is -4.28. The number of benzene rings is 3. The Morgan fingerprint density at radius 2 is 1.38 bits per heavy atom. The molecule has 0 radical (unpaired) electrons. The third-order valence-corrected chi connectivity index (χ3v) is 6.80. The minimum atomic E-state index is -4.70. The number of alkyl halides is 3. The highest BCUT2D eigenvalue weighted by Crippen LogP contribution is 2.27. The Bertz CT molecular complexity index is 1460. The van der Waals surface area contributed by atoms with E-state index in [1.165, 1.54) is 12.1 Å². The summed E-state index contributed by atoms with van der Waals surface area (Å²) in [5, 5.41) is 11.0. The lowest BCUT2D eigenvalue weighted by Gasteiger charge is -2.37. The van der Waals surface area contributed by atoms with Crippen molar-refractivity contribution in [2.24, 2.45) is 0 Å². The molecule has 0 aliphatic carbocycles. The van der Waals surface area contributed by atoms with Crippen molar-refractivity contribution in [3.8, 4) is 5.75 Å². The molecule has 0 amide bonds. The predicted molar refractivity (Wildman–Crippen MR) is 137 cm³/mol. The largest absolute Gasteiger partial charge is 0.573 e. The minimum absolute atomic E-state index is 0.0726. The molecule has 2 heterocycles. The van der Waals surface area contributed by atoms with Gasteiger partial charge in [0.15, 0.2) is 5.43 Å². The number of aromatic nitrogens is 1. The number of halogens is 3. The van der Waals surface area contributed by atoms with Crippen LogP contribution in [0.3, 0.4) is 0 Å². The highest BCUT2D eigenvalue weighted by Gasteiger charge is 2.31. The molecule has 0 spiro atoms. The van der Waals surface area contributed by atoms with Crippen LogP contribution in [0, 0.1) is 6.92 Å². The van der Waals surface area contributed by atoms with Gasteiger partial charge in [-0.3, -0.25) is 4.79 Å². The van der Waals surface area contributed by atoms with Gasteiger partial charge in [0.2, 0.25) is 0 Å². The quantitative estimate of drug-likeness (QED) is 0.367. The van der Waals surface area contributed by atoms with Gasteiger partial charge in [-0.2, -0.15) is 4.73 Å². The van der Waals surface area contributed by atoms with Crippen LogP contribution in [-0.4, -0.2) is 42.5 Å². The second-order valence-corrected chi connectivity index (χ2v) is 9.08. The first-order chi connectivity index (χ1) is 17.7. The van der Waals surface area contributed by atoms with Crippen LogP contribution in [0.25, 0.3) is 10.9 Å². The Morgan fingerprint density at radius 3 is 1.95 bits per heavy atom. The lowest BCUT2D eigenvalue weighted by atomic mass is 10.0.